The minimum Gasteiger partial charge on any atom is -0.308 e. The Balaban J connectivity index is 2.11. The molecule has 0 fully saturated rings. The van der Waals surface area contributed by atoms with E-state index < -0.39 is 0 Å². The maximum absolute atomic E-state index is 5.24. The molecule has 15 heavy (non-hydrogen) atoms. The van der Waals surface area contributed by atoms with Gasteiger partial charge in [0.1, 0.15) is 5.82 Å². The molecule has 0 bridgehead atoms. The van der Waals surface area contributed by atoms with Gasteiger partial charge in [-0.3, -0.25) is 0 Å². The van der Waals surface area contributed by atoms with Crippen LogP contribution in [0.3, 0.4) is 0 Å². The van der Waals surface area contributed by atoms with Gasteiger partial charge in [-0.25, -0.2) is 10.8 Å². The lowest BCUT2D eigenvalue weighted by Crippen LogP contribution is -2.08. The van der Waals surface area contributed by atoms with E-state index in [9.17, 15) is 0 Å². The molecule has 1 aromatic heterocycles. The number of hydrogen-bond donors (Lipinski definition) is 2. The lowest BCUT2D eigenvalue weighted by atomic mass is 10.1. The first-order valence-corrected chi connectivity index (χ1v) is 4.84. The zero-order valence-corrected chi connectivity index (χ0v) is 8.35. The van der Waals surface area contributed by atoms with E-state index in [0.29, 0.717) is 5.82 Å². The molecule has 0 spiro atoms. The van der Waals surface area contributed by atoms with Gasteiger partial charge in [-0.2, -0.15) is 0 Å². The molecule has 0 radical (unpaired) electrons. The van der Waals surface area contributed by atoms with Crippen molar-refractivity contribution >= 4 is 5.82 Å². The van der Waals surface area contributed by atoms with E-state index in [1.54, 1.807) is 0 Å². The van der Waals surface area contributed by atoms with E-state index in [0.717, 1.165) is 6.42 Å². The Morgan fingerprint density at radius 1 is 1.00 bits per heavy atom. The molecule has 0 aliphatic heterocycles. The van der Waals surface area contributed by atoms with Gasteiger partial charge < -0.3 is 5.43 Å². The number of aromatic nitrogens is 1. The SMILES string of the molecule is NNc1ccc(Cc2ccccc2)cn1. The topological polar surface area (TPSA) is 50.9 Å². The summed E-state index contributed by atoms with van der Waals surface area (Å²) in [6, 6.07) is 14.2. The van der Waals surface area contributed by atoms with E-state index in [4.69, 9.17) is 5.84 Å². The number of hydrogen-bond acceptors (Lipinski definition) is 3. The molecule has 0 atom stereocenters. The largest absolute Gasteiger partial charge is 0.308 e. The third-order valence-corrected chi connectivity index (χ3v) is 2.22. The number of anilines is 1. The van der Waals surface area contributed by atoms with Gasteiger partial charge in [0.25, 0.3) is 0 Å². The quantitative estimate of drug-likeness (QED) is 0.587. The zero-order chi connectivity index (χ0) is 10.5. The fourth-order valence-electron chi connectivity index (χ4n) is 1.45. The highest BCUT2D eigenvalue weighted by Crippen LogP contribution is 2.09. The summed E-state index contributed by atoms with van der Waals surface area (Å²) >= 11 is 0. The Morgan fingerprint density at radius 3 is 2.40 bits per heavy atom. The van der Waals surface area contributed by atoms with Gasteiger partial charge in [0.05, 0.1) is 0 Å². The van der Waals surface area contributed by atoms with E-state index >= 15 is 0 Å². The molecule has 0 aliphatic carbocycles. The average Bonchev–Trinajstić information content (AvgIpc) is 2.31. The first kappa shape index (κ1) is 9.68. The Kier molecular flexibility index (Phi) is 2.95. The van der Waals surface area contributed by atoms with Crippen LogP contribution in [0.4, 0.5) is 5.82 Å². The fraction of sp³-hybridized carbons (Fsp3) is 0.0833. The van der Waals surface area contributed by atoms with Crippen LogP contribution in [0.1, 0.15) is 11.1 Å². The standard InChI is InChI=1S/C12H13N3/c13-15-12-7-6-11(9-14-12)8-10-4-2-1-3-5-10/h1-7,9H,8,13H2,(H,14,15). The van der Waals surface area contributed by atoms with Gasteiger partial charge in [0, 0.05) is 6.20 Å². The minimum absolute atomic E-state index is 0.687. The molecule has 2 aromatic rings. The van der Waals surface area contributed by atoms with Crippen molar-refractivity contribution in [2.45, 2.75) is 6.42 Å². The summed E-state index contributed by atoms with van der Waals surface area (Å²) in [7, 11) is 0. The van der Waals surface area contributed by atoms with E-state index in [1.165, 1.54) is 11.1 Å². The summed E-state index contributed by atoms with van der Waals surface area (Å²) in [5, 5.41) is 0. The first-order chi connectivity index (χ1) is 7.38. The van der Waals surface area contributed by atoms with Crippen LogP contribution in [-0.4, -0.2) is 4.98 Å². The molecule has 0 aliphatic rings. The molecule has 0 amide bonds. The van der Waals surface area contributed by atoms with Crippen LogP contribution in [-0.2, 0) is 6.42 Å². The molecule has 0 unspecified atom stereocenters. The van der Waals surface area contributed by atoms with Crippen molar-refractivity contribution in [3.63, 3.8) is 0 Å². The summed E-state index contributed by atoms with van der Waals surface area (Å²) in [6.45, 7) is 0. The number of benzene rings is 1. The smallest absolute Gasteiger partial charge is 0.139 e. The molecule has 3 heteroatoms. The Labute approximate surface area is 88.9 Å². The molecule has 3 N–H and O–H groups in total. The fourth-order valence-corrected chi connectivity index (χ4v) is 1.45. The lowest BCUT2D eigenvalue weighted by molar-refractivity contribution is 1.13. The Hall–Kier alpha value is -1.87. The van der Waals surface area contributed by atoms with Crippen LogP contribution in [0.25, 0.3) is 0 Å². The predicted octanol–water partition coefficient (Wildman–Crippen LogP) is 1.96. The second-order valence-corrected chi connectivity index (χ2v) is 3.36. The third kappa shape index (κ3) is 2.54. The number of pyridine rings is 1. The van der Waals surface area contributed by atoms with Gasteiger partial charge in [-0.15, -0.1) is 0 Å². The predicted molar refractivity (Wildman–Crippen MR) is 61.3 cm³/mol. The van der Waals surface area contributed by atoms with Gasteiger partial charge in [0.15, 0.2) is 0 Å². The molecule has 0 saturated heterocycles. The number of nitrogens with one attached hydrogen (secondary N) is 1. The minimum atomic E-state index is 0.687. The third-order valence-electron chi connectivity index (χ3n) is 2.22. The van der Waals surface area contributed by atoms with Gasteiger partial charge in [0.2, 0.25) is 0 Å². The second kappa shape index (κ2) is 4.57. The Morgan fingerprint density at radius 2 is 1.80 bits per heavy atom. The molecule has 2 rings (SSSR count). The van der Waals surface area contributed by atoms with Crippen molar-refractivity contribution in [1.82, 2.24) is 4.98 Å². The van der Waals surface area contributed by atoms with Crippen molar-refractivity contribution in [3.05, 3.63) is 59.8 Å². The molecular weight excluding hydrogens is 186 g/mol. The monoisotopic (exact) mass is 199 g/mol. The van der Waals surface area contributed by atoms with E-state index in [2.05, 4.69) is 22.5 Å². The molecule has 0 saturated carbocycles. The lowest BCUT2D eigenvalue weighted by Gasteiger charge is -2.02. The van der Waals surface area contributed by atoms with Gasteiger partial charge in [-0.05, 0) is 23.6 Å². The highest BCUT2D eigenvalue weighted by atomic mass is 15.2. The Bertz CT molecular complexity index is 409. The first-order valence-electron chi connectivity index (χ1n) is 4.84. The molecular formula is C12H13N3. The molecule has 1 aromatic carbocycles. The van der Waals surface area contributed by atoms with E-state index in [1.807, 2.05) is 36.5 Å². The van der Waals surface area contributed by atoms with Crippen LogP contribution >= 0.6 is 0 Å². The van der Waals surface area contributed by atoms with Gasteiger partial charge >= 0.3 is 0 Å². The van der Waals surface area contributed by atoms with Crippen molar-refractivity contribution in [2.24, 2.45) is 5.84 Å². The summed E-state index contributed by atoms with van der Waals surface area (Å²) in [6.07, 6.45) is 2.74. The van der Waals surface area contributed by atoms with Gasteiger partial charge in [-0.1, -0.05) is 36.4 Å². The summed E-state index contributed by atoms with van der Waals surface area (Å²) in [5.74, 6) is 5.93. The second-order valence-electron chi connectivity index (χ2n) is 3.36. The number of rotatable bonds is 3. The molecule has 76 valence electrons. The average molecular weight is 199 g/mol. The summed E-state index contributed by atoms with van der Waals surface area (Å²) in [5.41, 5.74) is 4.97. The van der Waals surface area contributed by atoms with Crippen molar-refractivity contribution in [1.29, 1.82) is 0 Å². The number of nitrogen functional groups attached to an aromatic ring is 1. The van der Waals surface area contributed by atoms with Crippen LogP contribution in [0.2, 0.25) is 0 Å². The maximum Gasteiger partial charge on any atom is 0.139 e. The van der Waals surface area contributed by atoms with Crippen LogP contribution in [0.5, 0.6) is 0 Å². The number of nitrogens with two attached hydrogens (primary N) is 1. The van der Waals surface area contributed by atoms with Crippen LogP contribution in [0, 0.1) is 0 Å². The molecule has 3 nitrogen and oxygen atoms in total. The highest BCUT2D eigenvalue weighted by Gasteiger charge is 1.96. The van der Waals surface area contributed by atoms with Crippen molar-refractivity contribution in [2.75, 3.05) is 5.43 Å². The molecule has 1 heterocycles. The zero-order valence-electron chi connectivity index (χ0n) is 8.35. The van der Waals surface area contributed by atoms with Crippen molar-refractivity contribution in [3.8, 4) is 0 Å². The number of hydrazine groups is 1. The number of nitrogens with zero attached hydrogens (tertiary/aromatic N) is 1. The van der Waals surface area contributed by atoms with E-state index in [-0.39, 0.29) is 0 Å². The maximum atomic E-state index is 5.24. The van der Waals surface area contributed by atoms with Crippen molar-refractivity contribution < 1.29 is 0 Å². The normalized spacial score (nSPS) is 9.93. The van der Waals surface area contributed by atoms with Crippen LogP contribution in [0.15, 0.2) is 48.7 Å². The summed E-state index contributed by atoms with van der Waals surface area (Å²) in [4.78, 5) is 4.16. The van der Waals surface area contributed by atoms with Crippen LogP contribution < -0.4 is 11.3 Å². The highest BCUT2D eigenvalue weighted by molar-refractivity contribution is 5.35. The summed E-state index contributed by atoms with van der Waals surface area (Å²) < 4.78 is 0.